The summed E-state index contributed by atoms with van der Waals surface area (Å²) in [6.07, 6.45) is 0. The summed E-state index contributed by atoms with van der Waals surface area (Å²) in [7, 11) is 0. The summed E-state index contributed by atoms with van der Waals surface area (Å²) in [4.78, 5) is 12.1. The summed E-state index contributed by atoms with van der Waals surface area (Å²) in [5.74, 6) is -1.70. The number of benzene rings is 2. The average Bonchev–Trinajstić information content (AvgIpc) is 2.32. The van der Waals surface area contributed by atoms with Gasteiger partial charge in [0.15, 0.2) is 11.6 Å². The van der Waals surface area contributed by atoms with Crippen LogP contribution in [0.25, 0.3) is 0 Å². The van der Waals surface area contributed by atoms with Crippen LogP contribution in [0, 0.1) is 18.6 Å². The monoisotopic (exact) mass is 266 g/mol. The van der Waals surface area contributed by atoms with Gasteiger partial charge in [0.2, 0.25) is 0 Å². The van der Waals surface area contributed by atoms with Crippen molar-refractivity contribution in [3.05, 3.63) is 69.7 Å². The van der Waals surface area contributed by atoms with Crippen LogP contribution in [0.1, 0.15) is 21.5 Å². The number of ketones is 1. The first-order chi connectivity index (χ1) is 8.50. The van der Waals surface area contributed by atoms with E-state index in [1.54, 1.807) is 6.92 Å². The topological polar surface area (TPSA) is 17.1 Å². The van der Waals surface area contributed by atoms with Crippen molar-refractivity contribution in [1.82, 2.24) is 0 Å². The lowest BCUT2D eigenvalue weighted by Gasteiger charge is -2.06. The molecule has 1 nitrogen and oxygen atoms in total. The number of halogens is 3. The van der Waals surface area contributed by atoms with Crippen LogP contribution >= 0.6 is 11.6 Å². The van der Waals surface area contributed by atoms with Crippen LogP contribution in [-0.4, -0.2) is 5.78 Å². The summed E-state index contributed by atoms with van der Waals surface area (Å²) in [6.45, 7) is 1.60. The smallest absolute Gasteiger partial charge is 0.196 e. The van der Waals surface area contributed by atoms with Crippen LogP contribution in [0.4, 0.5) is 8.78 Å². The van der Waals surface area contributed by atoms with Crippen molar-refractivity contribution in [1.29, 1.82) is 0 Å². The molecule has 4 heteroatoms. The van der Waals surface area contributed by atoms with Gasteiger partial charge in [0.05, 0.1) is 10.6 Å². The molecular formula is C14H9ClF2O. The molecular weight excluding hydrogens is 258 g/mol. The highest BCUT2D eigenvalue weighted by molar-refractivity contribution is 6.31. The second-order valence-corrected chi connectivity index (χ2v) is 4.30. The Morgan fingerprint density at radius 2 is 1.83 bits per heavy atom. The van der Waals surface area contributed by atoms with Gasteiger partial charge in [-0.3, -0.25) is 4.79 Å². The van der Waals surface area contributed by atoms with Gasteiger partial charge >= 0.3 is 0 Å². The van der Waals surface area contributed by atoms with E-state index in [1.165, 1.54) is 36.4 Å². The van der Waals surface area contributed by atoms with Crippen LogP contribution in [0.3, 0.4) is 0 Å². The molecule has 0 unspecified atom stereocenters. The fourth-order valence-corrected chi connectivity index (χ4v) is 1.88. The molecule has 0 amide bonds. The summed E-state index contributed by atoms with van der Waals surface area (Å²) in [6, 6.07) is 7.96. The van der Waals surface area contributed by atoms with Crippen molar-refractivity contribution in [3.63, 3.8) is 0 Å². The number of rotatable bonds is 2. The predicted octanol–water partition coefficient (Wildman–Crippen LogP) is 4.16. The molecule has 2 rings (SSSR count). The third kappa shape index (κ3) is 2.27. The Hall–Kier alpha value is -1.74. The molecule has 0 N–H and O–H groups in total. The molecule has 2 aromatic carbocycles. The van der Waals surface area contributed by atoms with E-state index in [9.17, 15) is 13.6 Å². The summed E-state index contributed by atoms with van der Waals surface area (Å²) < 4.78 is 26.7. The number of carbonyl (C=O) groups is 1. The van der Waals surface area contributed by atoms with Crippen molar-refractivity contribution >= 4 is 17.4 Å². The molecule has 0 bridgehead atoms. The van der Waals surface area contributed by atoms with Gasteiger partial charge in [0.25, 0.3) is 0 Å². The number of carbonyl (C=O) groups excluding carboxylic acids is 1. The van der Waals surface area contributed by atoms with Gasteiger partial charge in [-0.1, -0.05) is 17.7 Å². The standard InChI is InChI=1S/C14H9ClF2O/c1-8-7-9(16)5-6-10(8)14(18)11-3-2-4-12(15)13(11)17/h2-7H,1H3. The van der Waals surface area contributed by atoms with Gasteiger partial charge < -0.3 is 0 Å². The molecule has 0 saturated heterocycles. The van der Waals surface area contributed by atoms with Gasteiger partial charge in [-0.05, 0) is 42.8 Å². The highest BCUT2D eigenvalue weighted by Crippen LogP contribution is 2.22. The molecule has 2 aromatic rings. The number of hydrogen-bond donors (Lipinski definition) is 0. The van der Waals surface area contributed by atoms with Crippen molar-refractivity contribution in [2.45, 2.75) is 6.92 Å². The molecule has 0 heterocycles. The minimum Gasteiger partial charge on any atom is -0.288 e. The molecule has 18 heavy (non-hydrogen) atoms. The summed E-state index contributed by atoms with van der Waals surface area (Å²) in [5.41, 5.74) is 0.606. The van der Waals surface area contributed by atoms with E-state index in [2.05, 4.69) is 0 Å². The van der Waals surface area contributed by atoms with E-state index in [0.717, 1.165) is 0 Å². The zero-order chi connectivity index (χ0) is 13.3. The van der Waals surface area contributed by atoms with Gasteiger partial charge in [-0.2, -0.15) is 0 Å². The quantitative estimate of drug-likeness (QED) is 0.746. The van der Waals surface area contributed by atoms with Crippen LogP contribution in [-0.2, 0) is 0 Å². The molecule has 0 radical (unpaired) electrons. The van der Waals surface area contributed by atoms with Gasteiger partial charge in [-0.15, -0.1) is 0 Å². The Bertz CT molecular complexity index is 623. The molecule has 0 saturated carbocycles. The zero-order valence-electron chi connectivity index (χ0n) is 9.51. The Kier molecular flexibility index (Phi) is 3.43. The van der Waals surface area contributed by atoms with E-state index in [4.69, 9.17) is 11.6 Å². The second-order valence-electron chi connectivity index (χ2n) is 3.89. The molecule has 0 aliphatic rings. The number of hydrogen-bond acceptors (Lipinski definition) is 1. The lowest BCUT2D eigenvalue weighted by Crippen LogP contribution is -2.06. The van der Waals surface area contributed by atoms with Crippen LogP contribution in [0.5, 0.6) is 0 Å². The lowest BCUT2D eigenvalue weighted by molar-refractivity contribution is 0.103. The summed E-state index contributed by atoms with van der Waals surface area (Å²) >= 11 is 5.62. The van der Waals surface area contributed by atoms with E-state index < -0.39 is 17.4 Å². The Morgan fingerprint density at radius 1 is 1.11 bits per heavy atom. The maximum atomic E-state index is 13.7. The maximum Gasteiger partial charge on any atom is 0.196 e. The van der Waals surface area contributed by atoms with E-state index in [-0.39, 0.29) is 16.1 Å². The Balaban J connectivity index is 2.51. The fraction of sp³-hybridized carbons (Fsp3) is 0.0714. The fourth-order valence-electron chi connectivity index (χ4n) is 1.71. The van der Waals surface area contributed by atoms with Gasteiger partial charge in [0.1, 0.15) is 5.82 Å². The maximum absolute atomic E-state index is 13.7. The second kappa shape index (κ2) is 4.86. The van der Waals surface area contributed by atoms with Crippen LogP contribution < -0.4 is 0 Å². The highest BCUT2D eigenvalue weighted by Gasteiger charge is 2.17. The largest absolute Gasteiger partial charge is 0.288 e. The molecule has 0 aliphatic heterocycles. The van der Waals surface area contributed by atoms with E-state index in [0.29, 0.717) is 5.56 Å². The first-order valence-electron chi connectivity index (χ1n) is 5.25. The third-order valence-corrected chi connectivity index (χ3v) is 2.92. The first-order valence-corrected chi connectivity index (χ1v) is 5.63. The Labute approximate surface area is 108 Å². The first kappa shape index (κ1) is 12.7. The number of aryl methyl sites for hydroxylation is 1. The Morgan fingerprint density at radius 3 is 2.50 bits per heavy atom. The summed E-state index contributed by atoms with van der Waals surface area (Å²) in [5, 5.41) is -0.111. The van der Waals surface area contributed by atoms with Crippen molar-refractivity contribution in [3.8, 4) is 0 Å². The lowest BCUT2D eigenvalue weighted by atomic mass is 9.99. The zero-order valence-corrected chi connectivity index (χ0v) is 10.3. The van der Waals surface area contributed by atoms with Gasteiger partial charge in [0, 0.05) is 5.56 Å². The highest BCUT2D eigenvalue weighted by atomic mass is 35.5. The van der Waals surface area contributed by atoms with Crippen molar-refractivity contribution < 1.29 is 13.6 Å². The molecule has 0 atom stereocenters. The van der Waals surface area contributed by atoms with Crippen molar-refractivity contribution in [2.75, 3.05) is 0 Å². The van der Waals surface area contributed by atoms with Crippen molar-refractivity contribution in [2.24, 2.45) is 0 Å². The molecule has 0 aromatic heterocycles. The average molecular weight is 267 g/mol. The van der Waals surface area contributed by atoms with Crippen LogP contribution in [0.2, 0.25) is 5.02 Å². The van der Waals surface area contributed by atoms with E-state index in [1.807, 2.05) is 0 Å². The predicted molar refractivity (Wildman–Crippen MR) is 66.0 cm³/mol. The normalized spacial score (nSPS) is 10.4. The molecule has 92 valence electrons. The van der Waals surface area contributed by atoms with Crippen LogP contribution in [0.15, 0.2) is 36.4 Å². The third-order valence-electron chi connectivity index (χ3n) is 2.63. The van der Waals surface area contributed by atoms with Gasteiger partial charge in [-0.25, -0.2) is 8.78 Å². The molecule has 0 fully saturated rings. The minimum atomic E-state index is -0.757. The van der Waals surface area contributed by atoms with E-state index >= 15 is 0 Å². The molecule has 0 spiro atoms. The SMILES string of the molecule is Cc1cc(F)ccc1C(=O)c1cccc(Cl)c1F. The minimum absolute atomic E-state index is 0.111. The molecule has 0 aliphatic carbocycles.